The molecule has 0 heterocycles. The lowest BCUT2D eigenvalue weighted by atomic mass is 10.1. The van der Waals surface area contributed by atoms with Gasteiger partial charge < -0.3 is 18.9 Å². The predicted octanol–water partition coefficient (Wildman–Crippen LogP) is 3.31. The molecule has 0 N–H and O–H groups in total. The summed E-state index contributed by atoms with van der Waals surface area (Å²) in [5, 5.41) is 0. The summed E-state index contributed by atoms with van der Waals surface area (Å²) in [5.41, 5.74) is 2.15. The maximum atomic E-state index is 11.9. The van der Waals surface area contributed by atoms with E-state index in [1.807, 2.05) is 32.0 Å². The van der Waals surface area contributed by atoms with Gasteiger partial charge in [0.1, 0.15) is 23.0 Å². The highest BCUT2D eigenvalue weighted by atomic mass is 16.6. The van der Waals surface area contributed by atoms with Crippen molar-refractivity contribution in [2.75, 3.05) is 20.8 Å². The maximum Gasteiger partial charge on any atom is 0.349 e. The van der Waals surface area contributed by atoms with Gasteiger partial charge in [0.25, 0.3) is 0 Å². The highest BCUT2D eigenvalue weighted by Gasteiger charge is 2.09. The zero-order chi connectivity index (χ0) is 16.8. The second kappa shape index (κ2) is 7.54. The lowest BCUT2D eigenvalue weighted by Crippen LogP contribution is -2.17. The Balaban J connectivity index is 1.99. The van der Waals surface area contributed by atoms with Crippen LogP contribution in [0.2, 0.25) is 0 Å². The minimum atomic E-state index is -0.500. The van der Waals surface area contributed by atoms with Crippen LogP contribution in [0.5, 0.6) is 23.0 Å². The van der Waals surface area contributed by atoms with Crippen LogP contribution in [0.1, 0.15) is 11.1 Å². The van der Waals surface area contributed by atoms with Gasteiger partial charge in [-0.25, -0.2) is 4.79 Å². The first-order valence-corrected chi connectivity index (χ1v) is 7.15. The summed E-state index contributed by atoms with van der Waals surface area (Å²) in [6.07, 6.45) is 0. The van der Waals surface area contributed by atoms with Gasteiger partial charge >= 0.3 is 5.97 Å². The van der Waals surface area contributed by atoms with E-state index in [-0.39, 0.29) is 6.61 Å². The van der Waals surface area contributed by atoms with Crippen molar-refractivity contribution in [2.24, 2.45) is 0 Å². The van der Waals surface area contributed by atoms with Crippen molar-refractivity contribution in [3.8, 4) is 23.0 Å². The average Bonchev–Trinajstić information content (AvgIpc) is 2.51. The highest BCUT2D eigenvalue weighted by Crippen LogP contribution is 2.27. The lowest BCUT2D eigenvalue weighted by Gasteiger charge is -2.10. The van der Waals surface area contributed by atoms with Crippen molar-refractivity contribution in [2.45, 2.75) is 13.8 Å². The van der Waals surface area contributed by atoms with Crippen LogP contribution in [-0.4, -0.2) is 26.8 Å². The van der Waals surface area contributed by atoms with E-state index in [1.54, 1.807) is 18.2 Å². The van der Waals surface area contributed by atoms with Gasteiger partial charge in [-0.15, -0.1) is 0 Å². The number of aryl methyl sites for hydroxylation is 2. The Labute approximate surface area is 135 Å². The molecule has 2 aromatic rings. The summed E-state index contributed by atoms with van der Waals surface area (Å²) in [4.78, 5) is 11.9. The van der Waals surface area contributed by atoms with Gasteiger partial charge in [-0.1, -0.05) is 6.07 Å². The number of carbonyl (C=O) groups is 1. The quantitative estimate of drug-likeness (QED) is 0.604. The van der Waals surface area contributed by atoms with E-state index in [9.17, 15) is 4.79 Å². The van der Waals surface area contributed by atoms with Crippen LogP contribution in [0.3, 0.4) is 0 Å². The SMILES string of the molecule is COc1cc(OC)cc(OC(=O)COc2cc(C)cc(C)c2)c1. The molecule has 2 aromatic carbocycles. The molecule has 0 bridgehead atoms. The molecule has 0 fully saturated rings. The summed E-state index contributed by atoms with van der Waals surface area (Å²) in [5.74, 6) is 1.57. The van der Waals surface area contributed by atoms with Crippen molar-refractivity contribution in [1.29, 1.82) is 0 Å². The minimum Gasteiger partial charge on any atom is -0.496 e. The Hall–Kier alpha value is -2.69. The first kappa shape index (κ1) is 16.7. The second-order valence-corrected chi connectivity index (χ2v) is 5.13. The molecule has 0 saturated heterocycles. The van der Waals surface area contributed by atoms with Crippen molar-refractivity contribution in [3.63, 3.8) is 0 Å². The Morgan fingerprint density at radius 1 is 0.783 bits per heavy atom. The van der Waals surface area contributed by atoms with Crippen LogP contribution in [0, 0.1) is 13.8 Å². The standard InChI is InChI=1S/C18H20O5/c1-12-5-13(2)7-16(6-12)22-11-18(19)23-17-9-14(20-3)8-15(10-17)21-4/h5-10H,11H2,1-4H3. The Kier molecular flexibility index (Phi) is 5.46. The van der Waals surface area contributed by atoms with Gasteiger partial charge in [0, 0.05) is 18.2 Å². The van der Waals surface area contributed by atoms with Crippen molar-refractivity contribution in [1.82, 2.24) is 0 Å². The van der Waals surface area contributed by atoms with E-state index in [2.05, 4.69) is 0 Å². The third-order valence-corrected chi connectivity index (χ3v) is 3.11. The van der Waals surface area contributed by atoms with Crippen molar-refractivity contribution in [3.05, 3.63) is 47.5 Å². The van der Waals surface area contributed by atoms with Gasteiger partial charge in [-0.05, 0) is 37.1 Å². The molecule has 0 aliphatic heterocycles. The van der Waals surface area contributed by atoms with Gasteiger partial charge in [0.15, 0.2) is 6.61 Å². The van der Waals surface area contributed by atoms with E-state index in [1.165, 1.54) is 14.2 Å². The predicted molar refractivity (Wildman–Crippen MR) is 86.6 cm³/mol. The molecular weight excluding hydrogens is 296 g/mol. The van der Waals surface area contributed by atoms with Crippen LogP contribution in [0.4, 0.5) is 0 Å². The normalized spacial score (nSPS) is 10.1. The molecule has 0 amide bonds. The molecule has 23 heavy (non-hydrogen) atoms. The molecule has 5 heteroatoms. The summed E-state index contributed by atoms with van der Waals surface area (Å²) in [6, 6.07) is 10.7. The maximum absolute atomic E-state index is 11.9. The van der Waals surface area contributed by atoms with Crippen LogP contribution >= 0.6 is 0 Å². The van der Waals surface area contributed by atoms with Crippen LogP contribution < -0.4 is 18.9 Å². The molecule has 2 rings (SSSR count). The van der Waals surface area contributed by atoms with Gasteiger partial charge in [0.05, 0.1) is 14.2 Å². The first-order valence-electron chi connectivity index (χ1n) is 7.15. The number of rotatable bonds is 6. The van der Waals surface area contributed by atoms with E-state index >= 15 is 0 Å². The third kappa shape index (κ3) is 4.92. The number of hydrogen-bond acceptors (Lipinski definition) is 5. The molecule has 122 valence electrons. The van der Waals surface area contributed by atoms with Gasteiger partial charge in [-0.2, -0.15) is 0 Å². The lowest BCUT2D eigenvalue weighted by molar-refractivity contribution is -0.136. The monoisotopic (exact) mass is 316 g/mol. The minimum absolute atomic E-state index is 0.178. The van der Waals surface area contributed by atoms with Crippen LogP contribution in [-0.2, 0) is 4.79 Å². The molecule has 0 aliphatic carbocycles. The molecule has 0 spiro atoms. The van der Waals surface area contributed by atoms with Crippen molar-refractivity contribution < 1.29 is 23.7 Å². The number of ether oxygens (including phenoxy) is 4. The first-order chi connectivity index (χ1) is 11.0. The van der Waals surface area contributed by atoms with Crippen molar-refractivity contribution >= 4 is 5.97 Å². The van der Waals surface area contributed by atoms with E-state index < -0.39 is 5.97 Å². The number of methoxy groups -OCH3 is 2. The third-order valence-electron chi connectivity index (χ3n) is 3.11. The molecule has 5 nitrogen and oxygen atoms in total. The van der Waals surface area contributed by atoms with Gasteiger partial charge in [0.2, 0.25) is 0 Å². The largest absolute Gasteiger partial charge is 0.496 e. The fourth-order valence-electron chi connectivity index (χ4n) is 2.16. The highest BCUT2D eigenvalue weighted by molar-refractivity contribution is 5.74. The summed E-state index contributed by atoms with van der Waals surface area (Å²) < 4.78 is 21.0. The zero-order valence-corrected chi connectivity index (χ0v) is 13.7. The molecular formula is C18H20O5. The summed E-state index contributed by atoms with van der Waals surface area (Å²) in [7, 11) is 3.06. The Bertz CT molecular complexity index is 651. The fraction of sp³-hybridized carbons (Fsp3) is 0.278. The van der Waals surface area contributed by atoms with Crippen LogP contribution in [0.15, 0.2) is 36.4 Å². The van der Waals surface area contributed by atoms with Crippen LogP contribution in [0.25, 0.3) is 0 Å². The number of hydrogen-bond donors (Lipinski definition) is 0. The summed E-state index contributed by atoms with van der Waals surface area (Å²) >= 11 is 0. The number of esters is 1. The number of carbonyl (C=O) groups excluding carboxylic acids is 1. The van der Waals surface area contributed by atoms with E-state index in [4.69, 9.17) is 18.9 Å². The number of benzene rings is 2. The van der Waals surface area contributed by atoms with E-state index in [0.717, 1.165) is 11.1 Å². The summed E-state index contributed by atoms with van der Waals surface area (Å²) in [6.45, 7) is 3.77. The molecule has 0 aliphatic rings. The van der Waals surface area contributed by atoms with Gasteiger partial charge in [-0.3, -0.25) is 0 Å². The molecule has 0 radical (unpaired) electrons. The Morgan fingerprint density at radius 2 is 1.30 bits per heavy atom. The van der Waals surface area contributed by atoms with E-state index in [0.29, 0.717) is 23.0 Å². The average molecular weight is 316 g/mol. The smallest absolute Gasteiger partial charge is 0.349 e. The molecule has 0 aromatic heterocycles. The molecule has 0 unspecified atom stereocenters. The molecule has 0 atom stereocenters. The topological polar surface area (TPSA) is 54.0 Å². The fourth-order valence-corrected chi connectivity index (χ4v) is 2.16. The zero-order valence-electron chi connectivity index (χ0n) is 13.7. The second-order valence-electron chi connectivity index (χ2n) is 5.13. The molecule has 0 saturated carbocycles. The Morgan fingerprint density at radius 3 is 1.83 bits per heavy atom.